The van der Waals surface area contributed by atoms with Crippen LogP contribution in [0.2, 0.25) is 0 Å². The van der Waals surface area contributed by atoms with Gasteiger partial charge in [-0.1, -0.05) is 74.3 Å². The maximum absolute atomic E-state index is 12.2. The Morgan fingerprint density at radius 1 is 0.923 bits per heavy atom. The van der Waals surface area contributed by atoms with Gasteiger partial charge in [0.15, 0.2) is 0 Å². The number of aliphatic hydroxyl groups is 3. The van der Waals surface area contributed by atoms with Crippen LogP contribution >= 0.6 is 0 Å². The zero-order chi connectivity index (χ0) is 29.7. The molecule has 1 heterocycles. The van der Waals surface area contributed by atoms with Gasteiger partial charge in [-0.05, 0) is 90.5 Å². The number of aliphatic hydroxyl groups excluding tert-OH is 3. The highest BCUT2D eigenvalue weighted by Gasteiger charge is 2.23. The van der Waals surface area contributed by atoms with Gasteiger partial charge in [0, 0.05) is 17.4 Å². The van der Waals surface area contributed by atoms with Crippen molar-refractivity contribution in [2.75, 3.05) is 0 Å². The van der Waals surface area contributed by atoms with Gasteiger partial charge in [-0.3, -0.25) is 0 Å². The van der Waals surface area contributed by atoms with Crippen LogP contribution in [0.4, 0.5) is 0 Å². The summed E-state index contributed by atoms with van der Waals surface area (Å²) in [5.74, 6) is -0.0444. The van der Waals surface area contributed by atoms with E-state index in [1.54, 1.807) is 6.07 Å². The molecule has 0 amide bonds. The molecular formula is C34H52O5. The topological polar surface area (TPSA) is 90.9 Å². The molecule has 1 aromatic heterocycles. The summed E-state index contributed by atoms with van der Waals surface area (Å²) in [7, 11) is 0. The molecule has 3 N–H and O–H groups in total. The SMILES string of the molecule is C/C=C(\C)[C@@H](O)[C@H](C)[C@H](O)C/C=C(C)/C=C(\C)C/C(C)=C/C/C=C(\C)[C@@H](O)C(C)c1ccc(CCC)c(=O)o1. The lowest BCUT2D eigenvalue weighted by molar-refractivity contribution is 0.0415. The normalized spacial score (nSPS) is 18.1. The molecule has 0 aromatic carbocycles. The third-order valence-corrected chi connectivity index (χ3v) is 7.48. The minimum atomic E-state index is -0.727. The first-order valence-corrected chi connectivity index (χ1v) is 14.3. The van der Waals surface area contributed by atoms with Gasteiger partial charge in [0.25, 0.3) is 0 Å². The molecule has 1 aromatic rings. The van der Waals surface area contributed by atoms with E-state index in [2.05, 4.69) is 26.0 Å². The van der Waals surface area contributed by atoms with Crippen molar-refractivity contribution >= 4 is 0 Å². The molecule has 0 aliphatic heterocycles. The third kappa shape index (κ3) is 11.7. The molecule has 0 saturated heterocycles. The molecule has 5 heteroatoms. The van der Waals surface area contributed by atoms with Crippen molar-refractivity contribution in [3.63, 3.8) is 0 Å². The highest BCUT2D eigenvalue weighted by Crippen LogP contribution is 2.24. The van der Waals surface area contributed by atoms with E-state index in [0.717, 1.165) is 29.6 Å². The van der Waals surface area contributed by atoms with Gasteiger partial charge in [-0.25, -0.2) is 4.79 Å². The standard InChI is InChI=1S/C34H52O5/c1-10-13-29-17-19-31(39-34(29)38)28(9)33(37)26(7)15-12-14-22(3)20-24(5)21-23(4)16-18-30(35)27(8)32(36)25(6)11-2/h11,14-17,19,21,27-28,30,32-33,35-37H,10,12-13,18,20H2,1-9H3/b22-14+,23-16+,24-21+,25-11+,26-15+/t27-,28?,30-,32-,33-/m1/s1. The first kappa shape index (κ1) is 34.6. The fraction of sp³-hybridized carbons (Fsp3) is 0.559. The smallest absolute Gasteiger partial charge is 0.339 e. The lowest BCUT2D eigenvalue weighted by Gasteiger charge is -2.24. The Morgan fingerprint density at radius 2 is 1.59 bits per heavy atom. The van der Waals surface area contributed by atoms with Crippen molar-refractivity contribution in [2.24, 2.45) is 5.92 Å². The summed E-state index contributed by atoms with van der Waals surface area (Å²) in [6.45, 7) is 17.7. The van der Waals surface area contributed by atoms with Gasteiger partial charge in [-0.15, -0.1) is 0 Å². The van der Waals surface area contributed by atoms with E-state index in [1.165, 1.54) is 11.1 Å². The van der Waals surface area contributed by atoms with Crippen LogP contribution in [0.3, 0.4) is 0 Å². The Labute approximate surface area is 236 Å². The van der Waals surface area contributed by atoms with Crippen LogP contribution < -0.4 is 5.63 Å². The van der Waals surface area contributed by atoms with Crippen molar-refractivity contribution in [3.05, 3.63) is 92.1 Å². The van der Waals surface area contributed by atoms with E-state index in [-0.39, 0.29) is 17.5 Å². The van der Waals surface area contributed by atoms with E-state index in [0.29, 0.717) is 30.6 Å². The largest absolute Gasteiger partial charge is 0.427 e. The van der Waals surface area contributed by atoms with Crippen molar-refractivity contribution < 1.29 is 19.7 Å². The van der Waals surface area contributed by atoms with Crippen LogP contribution in [0.1, 0.15) is 105 Å². The molecule has 0 aliphatic carbocycles. The Hall–Kier alpha value is -2.47. The number of allylic oxidation sites excluding steroid dienone is 7. The molecule has 5 nitrogen and oxygen atoms in total. The number of aryl methyl sites for hydroxylation is 1. The van der Waals surface area contributed by atoms with Gasteiger partial charge < -0.3 is 19.7 Å². The molecule has 0 aliphatic rings. The fourth-order valence-electron chi connectivity index (χ4n) is 4.60. The quantitative estimate of drug-likeness (QED) is 0.160. The van der Waals surface area contributed by atoms with Crippen LogP contribution in [0.15, 0.2) is 79.6 Å². The van der Waals surface area contributed by atoms with Crippen LogP contribution in [-0.2, 0) is 6.42 Å². The molecule has 0 saturated carbocycles. The Balaban J connectivity index is 2.70. The molecule has 0 radical (unpaired) electrons. The Kier molecular flexibility index (Phi) is 15.3. The molecular weight excluding hydrogens is 488 g/mol. The second-order valence-corrected chi connectivity index (χ2v) is 11.1. The Bertz CT molecular complexity index is 1110. The predicted molar refractivity (Wildman–Crippen MR) is 163 cm³/mol. The second kappa shape index (κ2) is 17.3. The zero-order valence-electron chi connectivity index (χ0n) is 25.6. The summed E-state index contributed by atoms with van der Waals surface area (Å²) in [5.41, 5.74) is 5.63. The average Bonchev–Trinajstić information content (AvgIpc) is 2.90. The summed E-state index contributed by atoms with van der Waals surface area (Å²) in [6.07, 6.45) is 11.9. The van der Waals surface area contributed by atoms with Crippen molar-refractivity contribution in [3.8, 4) is 0 Å². The fourth-order valence-corrected chi connectivity index (χ4v) is 4.60. The first-order valence-electron chi connectivity index (χ1n) is 14.3. The van der Waals surface area contributed by atoms with Gasteiger partial charge in [-0.2, -0.15) is 0 Å². The molecule has 5 atom stereocenters. The lowest BCUT2D eigenvalue weighted by atomic mass is 9.91. The lowest BCUT2D eigenvalue weighted by Crippen LogP contribution is -2.29. The molecule has 1 rings (SSSR count). The van der Waals surface area contributed by atoms with Crippen molar-refractivity contribution in [1.82, 2.24) is 0 Å². The van der Waals surface area contributed by atoms with Crippen LogP contribution in [0, 0.1) is 5.92 Å². The van der Waals surface area contributed by atoms with Gasteiger partial charge in [0.1, 0.15) is 5.76 Å². The maximum atomic E-state index is 12.2. The number of hydrogen-bond acceptors (Lipinski definition) is 5. The number of hydrogen-bond donors (Lipinski definition) is 3. The van der Waals surface area contributed by atoms with E-state index in [4.69, 9.17) is 4.42 Å². The summed E-state index contributed by atoms with van der Waals surface area (Å²) in [5, 5.41) is 31.6. The Morgan fingerprint density at radius 3 is 2.18 bits per heavy atom. The van der Waals surface area contributed by atoms with Crippen molar-refractivity contribution in [2.45, 2.75) is 119 Å². The zero-order valence-corrected chi connectivity index (χ0v) is 25.6. The van der Waals surface area contributed by atoms with Gasteiger partial charge >= 0.3 is 5.63 Å². The molecule has 218 valence electrons. The predicted octanol–water partition coefficient (Wildman–Crippen LogP) is 7.34. The van der Waals surface area contributed by atoms with Crippen LogP contribution in [0.25, 0.3) is 0 Å². The van der Waals surface area contributed by atoms with E-state index >= 15 is 0 Å². The van der Waals surface area contributed by atoms with E-state index in [9.17, 15) is 20.1 Å². The van der Waals surface area contributed by atoms with E-state index < -0.39 is 18.3 Å². The maximum Gasteiger partial charge on any atom is 0.339 e. The third-order valence-electron chi connectivity index (χ3n) is 7.48. The molecule has 0 spiro atoms. The molecule has 1 unspecified atom stereocenters. The monoisotopic (exact) mass is 540 g/mol. The molecule has 39 heavy (non-hydrogen) atoms. The molecule has 0 bridgehead atoms. The average molecular weight is 541 g/mol. The highest BCUT2D eigenvalue weighted by molar-refractivity contribution is 5.25. The van der Waals surface area contributed by atoms with E-state index in [1.807, 2.05) is 72.8 Å². The van der Waals surface area contributed by atoms with Gasteiger partial charge in [0.05, 0.1) is 18.3 Å². The van der Waals surface area contributed by atoms with Crippen molar-refractivity contribution in [1.29, 1.82) is 0 Å². The van der Waals surface area contributed by atoms with Crippen LogP contribution in [0.5, 0.6) is 0 Å². The minimum Gasteiger partial charge on any atom is -0.427 e. The summed E-state index contributed by atoms with van der Waals surface area (Å²) in [6, 6.07) is 3.61. The number of rotatable bonds is 15. The molecule has 0 fully saturated rings. The first-order chi connectivity index (χ1) is 18.3. The summed E-state index contributed by atoms with van der Waals surface area (Å²) >= 11 is 0. The summed E-state index contributed by atoms with van der Waals surface area (Å²) < 4.78 is 5.49. The summed E-state index contributed by atoms with van der Waals surface area (Å²) in [4.78, 5) is 12.2. The second-order valence-electron chi connectivity index (χ2n) is 11.1. The van der Waals surface area contributed by atoms with Gasteiger partial charge in [0.2, 0.25) is 0 Å². The van der Waals surface area contributed by atoms with Crippen LogP contribution in [-0.4, -0.2) is 33.6 Å². The minimum absolute atomic E-state index is 0.233. The highest BCUT2D eigenvalue weighted by atomic mass is 16.4.